The maximum Gasteiger partial charge on any atom is 0.225 e. The summed E-state index contributed by atoms with van der Waals surface area (Å²) in [6.07, 6.45) is 1.74. The fourth-order valence-corrected chi connectivity index (χ4v) is 4.09. The number of likely N-dealkylation sites (tertiary alicyclic amines) is 1. The molecule has 0 aromatic heterocycles. The third kappa shape index (κ3) is 5.40. The maximum atomic E-state index is 12.8. The van der Waals surface area contributed by atoms with E-state index < -0.39 is 0 Å². The van der Waals surface area contributed by atoms with Crippen LogP contribution in [0.1, 0.15) is 24.0 Å². The lowest BCUT2D eigenvalue weighted by Crippen LogP contribution is -2.40. The van der Waals surface area contributed by atoms with Crippen LogP contribution in [0.5, 0.6) is 5.75 Å². The first kappa shape index (κ1) is 21.0. The minimum absolute atomic E-state index is 0.0835. The summed E-state index contributed by atoms with van der Waals surface area (Å²) in [5.41, 5.74) is 2.18. The lowest BCUT2D eigenvalue weighted by Gasteiger charge is -2.33. The fraction of sp³-hybridized carbons (Fsp3) is 0.409. The monoisotopic (exact) mass is 420 g/mol. The molecule has 6 heteroatoms. The highest BCUT2D eigenvalue weighted by Crippen LogP contribution is 2.26. The standard InChI is InChI=1S/C22H26Cl2N2O2/c1-25(14-16-3-7-20(28-2)8-4-16)22(27)17-9-11-26(12-10-17)15-18-5-6-19(23)13-21(18)24/h3-8,13,17H,9-12,14-15H2,1-2H3. The van der Waals surface area contributed by atoms with Crippen molar-refractivity contribution in [3.05, 3.63) is 63.6 Å². The second-order valence-corrected chi connectivity index (χ2v) is 8.17. The van der Waals surface area contributed by atoms with E-state index in [2.05, 4.69) is 4.90 Å². The predicted molar refractivity (Wildman–Crippen MR) is 114 cm³/mol. The van der Waals surface area contributed by atoms with E-state index in [0.717, 1.165) is 49.4 Å². The van der Waals surface area contributed by atoms with Crippen molar-refractivity contribution in [2.24, 2.45) is 5.92 Å². The summed E-state index contributed by atoms with van der Waals surface area (Å²) in [7, 11) is 3.53. The van der Waals surface area contributed by atoms with E-state index in [1.54, 1.807) is 13.2 Å². The summed E-state index contributed by atoms with van der Waals surface area (Å²) in [5.74, 6) is 1.13. The normalized spacial score (nSPS) is 15.4. The van der Waals surface area contributed by atoms with Crippen LogP contribution >= 0.6 is 23.2 Å². The van der Waals surface area contributed by atoms with E-state index >= 15 is 0 Å². The predicted octanol–water partition coefficient (Wildman–Crippen LogP) is 4.87. The Balaban J connectivity index is 1.49. The summed E-state index contributed by atoms with van der Waals surface area (Å²) in [5, 5.41) is 1.35. The van der Waals surface area contributed by atoms with E-state index in [4.69, 9.17) is 27.9 Å². The first-order valence-corrected chi connectivity index (χ1v) is 10.3. The smallest absolute Gasteiger partial charge is 0.225 e. The van der Waals surface area contributed by atoms with Crippen LogP contribution < -0.4 is 4.74 Å². The average molecular weight is 421 g/mol. The van der Waals surface area contributed by atoms with Crippen LogP contribution in [0.15, 0.2) is 42.5 Å². The van der Waals surface area contributed by atoms with Gasteiger partial charge in [0.25, 0.3) is 0 Å². The SMILES string of the molecule is COc1ccc(CN(C)C(=O)C2CCN(Cc3ccc(Cl)cc3Cl)CC2)cc1. The van der Waals surface area contributed by atoms with Gasteiger partial charge in [-0.05, 0) is 61.3 Å². The van der Waals surface area contributed by atoms with Crippen LogP contribution in [-0.4, -0.2) is 43.0 Å². The molecule has 28 heavy (non-hydrogen) atoms. The van der Waals surface area contributed by atoms with Crippen LogP contribution in [0.25, 0.3) is 0 Å². The Bertz CT molecular complexity index is 803. The van der Waals surface area contributed by atoms with Crippen LogP contribution in [0.2, 0.25) is 10.0 Å². The molecule has 1 aliphatic rings. The molecule has 0 saturated carbocycles. The summed E-state index contributed by atoms with van der Waals surface area (Å²) in [6.45, 7) is 3.19. The number of hydrogen-bond acceptors (Lipinski definition) is 3. The van der Waals surface area contributed by atoms with Gasteiger partial charge in [0, 0.05) is 36.1 Å². The number of amides is 1. The zero-order chi connectivity index (χ0) is 20.1. The number of carbonyl (C=O) groups excluding carboxylic acids is 1. The molecule has 0 N–H and O–H groups in total. The van der Waals surface area contributed by atoms with Crippen molar-refractivity contribution in [1.82, 2.24) is 9.80 Å². The minimum atomic E-state index is 0.0835. The number of piperidine rings is 1. The molecule has 1 saturated heterocycles. The van der Waals surface area contributed by atoms with E-state index in [1.807, 2.05) is 48.3 Å². The summed E-state index contributed by atoms with van der Waals surface area (Å²) < 4.78 is 5.18. The second-order valence-electron chi connectivity index (χ2n) is 7.33. The molecule has 1 heterocycles. The van der Waals surface area contributed by atoms with Crippen molar-refractivity contribution in [2.45, 2.75) is 25.9 Å². The Morgan fingerprint density at radius 2 is 1.82 bits per heavy atom. The summed E-state index contributed by atoms with van der Waals surface area (Å²) in [4.78, 5) is 17.0. The lowest BCUT2D eigenvalue weighted by atomic mass is 9.95. The molecule has 2 aromatic carbocycles. The average Bonchev–Trinajstić information content (AvgIpc) is 2.70. The summed E-state index contributed by atoms with van der Waals surface area (Å²) >= 11 is 12.3. The van der Waals surface area contributed by atoms with Gasteiger partial charge in [0.15, 0.2) is 0 Å². The van der Waals surface area contributed by atoms with Gasteiger partial charge in [0.05, 0.1) is 7.11 Å². The third-order valence-corrected chi connectivity index (χ3v) is 5.89. The van der Waals surface area contributed by atoms with Gasteiger partial charge in [0.2, 0.25) is 5.91 Å². The molecule has 150 valence electrons. The molecule has 4 nitrogen and oxygen atoms in total. The lowest BCUT2D eigenvalue weighted by molar-refractivity contribution is -0.136. The molecule has 0 radical (unpaired) electrons. The van der Waals surface area contributed by atoms with Crippen LogP contribution in [-0.2, 0) is 17.9 Å². The Hall–Kier alpha value is -1.75. The van der Waals surface area contributed by atoms with Gasteiger partial charge in [-0.25, -0.2) is 0 Å². The number of rotatable bonds is 6. The highest BCUT2D eigenvalue weighted by molar-refractivity contribution is 6.35. The molecule has 1 amide bonds. The molecule has 0 unspecified atom stereocenters. The van der Waals surface area contributed by atoms with Gasteiger partial charge in [0.1, 0.15) is 5.75 Å². The van der Waals surface area contributed by atoms with E-state index in [-0.39, 0.29) is 11.8 Å². The van der Waals surface area contributed by atoms with Crippen molar-refractivity contribution >= 4 is 29.1 Å². The molecule has 0 atom stereocenters. The number of carbonyl (C=O) groups is 1. The molecular weight excluding hydrogens is 395 g/mol. The van der Waals surface area contributed by atoms with E-state index in [9.17, 15) is 4.79 Å². The number of nitrogens with zero attached hydrogens (tertiary/aromatic N) is 2. The van der Waals surface area contributed by atoms with Crippen molar-refractivity contribution < 1.29 is 9.53 Å². The largest absolute Gasteiger partial charge is 0.497 e. The van der Waals surface area contributed by atoms with Gasteiger partial charge in [-0.3, -0.25) is 9.69 Å². The number of benzene rings is 2. The molecule has 0 aliphatic carbocycles. The molecular formula is C22H26Cl2N2O2. The summed E-state index contributed by atoms with van der Waals surface area (Å²) in [6, 6.07) is 13.5. The molecule has 1 fully saturated rings. The number of ether oxygens (including phenoxy) is 1. The van der Waals surface area contributed by atoms with Gasteiger partial charge >= 0.3 is 0 Å². The van der Waals surface area contributed by atoms with Crippen LogP contribution in [0, 0.1) is 5.92 Å². The topological polar surface area (TPSA) is 32.8 Å². The zero-order valence-corrected chi connectivity index (χ0v) is 17.8. The van der Waals surface area contributed by atoms with E-state index in [0.29, 0.717) is 16.6 Å². The second kappa shape index (κ2) is 9.64. The van der Waals surface area contributed by atoms with Crippen molar-refractivity contribution in [2.75, 3.05) is 27.2 Å². The third-order valence-electron chi connectivity index (χ3n) is 5.30. The van der Waals surface area contributed by atoms with Crippen LogP contribution in [0.3, 0.4) is 0 Å². The van der Waals surface area contributed by atoms with Gasteiger partial charge in [-0.2, -0.15) is 0 Å². The quantitative estimate of drug-likeness (QED) is 0.667. The van der Waals surface area contributed by atoms with E-state index in [1.165, 1.54) is 0 Å². The molecule has 0 spiro atoms. The van der Waals surface area contributed by atoms with Crippen LogP contribution in [0.4, 0.5) is 0 Å². The van der Waals surface area contributed by atoms with Crippen molar-refractivity contribution in [3.8, 4) is 5.75 Å². The minimum Gasteiger partial charge on any atom is -0.497 e. The Labute approximate surface area is 177 Å². The highest BCUT2D eigenvalue weighted by Gasteiger charge is 2.27. The Morgan fingerprint density at radius 1 is 1.14 bits per heavy atom. The first-order valence-electron chi connectivity index (χ1n) is 9.50. The molecule has 0 bridgehead atoms. The Kier molecular flexibility index (Phi) is 7.22. The Morgan fingerprint density at radius 3 is 2.43 bits per heavy atom. The number of methoxy groups -OCH3 is 1. The number of halogens is 2. The maximum absolute atomic E-state index is 12.8. The zero-order valence-electron chi connectivity index (χ0n) is 16.3. The first-order chi connectivity index (χ1) is 13.5. The van der Waals surface area contributed by atoms with Gasteiger partial charge in [-0.1, -0.05) is 41.4 Å². The van der Waals surface area contributed by atoms with Crippen molar-refractivity contribution in [1.29, 1.82) is 0 Å². The highest BCUT2D eigenvalue weighted by atomic mass is 35.5. The molecule has 3 rings (SSSR count). The fourth-order valence-electron chi connectivity index (χ4n) is 3.62. The molecule has 1 aliphatic heterocycles. The van der Waals surface area contributed by atoms with Gasteiger partial charge in [-0.15, -0.1) is 0 Å². The number of hydrogen-bond donors (Lipinski definition) is 0. The van der Waals surface area contributed by atoms with Crippen molar-refractivity contribution in [3.63, 3.8) is 0 Å². The molecule has 2 aromatic rings. The van der Waals surface area contributed by atoms with Gasteiger partial charge < -0.3 is 9.64 Å².